The van der Waals surface area contributed by atoms with Gasteiger partial charge >= 0.3 is 0 Å². The van der Waals surface area contributed by atoms with Crippen LogP contribution in [0, 0.1) is 8.99 Å². The largest absolute Gasteiger partial charge is 0.370 e. The van der Waals surface area contributed by atoms with Gasteiger partial charge in [0.05, 0.1) is 0 Å². The summed E-state index contributed by atoms with van der Waals surface area (Å²) < 4.78 is 2.46. The Kier molecular flexibility index (Phi) is 2.81. The minimum absolute atomic E-state index is 0.499. The third-order valence-electron chi connectivity index (χ3n) is 2.51. The van der Waals surface area contributed by atoms with E-state index in [0.29, 0.717) is 5.41 Å². The maximum absolute atomic E-state index is 3.51. The van der Waals surface area contributed by atoms with E-state index in [4.69, 9.17) is 0 Å². The molecule has 0 amide bonds. The number of halogens is 2. The minimum atomic E-state index is 0.499. The molecule has 2 rings (SSSR count). The van der Waals surface area contributed by atoms with Crippen molar-refractivity contribution in [3.05, 3.63) is 26.2 Å². The van der Waals surface area contributed by atoms with E-state index in [1.54, 1.807) is 0 Å². The van der Waals surface area contributed by atoms with Gasteiger partial charge in [0.25, 0.3) is 0 Å². The first-order valence-corrected chi connectivity index (χ1v) is 6.55. The van der Waals surface area contributed by atoms with E-state index < -0.39 is 0 Å². The van der Waals surface area contributed by atoms with Crippen LogP contribution in [0.4, 0.5) is 5.69 Å². The van der Waals surface area contributed by atoms with Crippen molar-refractivity contribution in [1.29, 1.82) is 0 Å². The molecule has 1 aromatic rings. The van der Waals surface area contributed by atoms with Crippen LogP contribution in [0.5, 0.6) is 0 Å². The van der Waals surface area contributed by atoms with Gasteiger partial charge in [0.15, 0.2) is 0 Å². The maximum Gasteiger partial charge on any atom is 0.0378 e. The predicted octanol–water partition coefficient (Wildman–Crippen LogP) is 3.90. The second kappa shape index (κ2) is 3.67. The summed E-state index contributed by atoms with van der Waals surface area (Å²) in [5, 5.41) is 0. The third-order valence-corrected chi connectivity index (χ3v) is 4.83. The van der Waals surface area contributed by atoms with Gasteiger partial charge in [0.1, 0.15) is 0 Å². The Bertz CT molecular complexity index is 354. The monoisotopic (exact) mass is 365 g/mol. The van der Waals surface area contributed by atoms with Crippen LogP contribution in [0.1, 0.15) is 13.8 Å². The first-order valence-electron chi connectivity index (χ1n) is 4.68. The van der Waals surface area contributed by atoms with Gasteiger partial charge in [-0.2, -0.15) is 0 Å². The van der Waals surface area contributed by atoms with Gasteiger partial charge in [0.2, 0.25) is 0 Å². The molecule has 1 saturated heterocycles. The zero-order chi connectivity index (χ0) is 10.3. The highest BCUT2D eigenvalue weighted by Crippen LogP contribution is 2.35. The molecule has 0 N–H and O–H groups in total. The van der Waals surface area contributed by atoms with E-state index in [1.807, 2.05) is 0 Å². The Labute approximate surface area is 107 Å². The number of nitrogens with zero attached hydrogens (tertiary/aromatic N) is 1. The first-order chi connectivity index (χ1) is 6.48. The summed E-state index contributed by atoms with van der Waals surface area (Å²) in [5.41, 5.74) is 1.84. The molecule has 0 radical (unpaired) electrons. The van der Waals surface area contributed by atoms with Crippen LogP contribution >= 0.6 is 38.5 Å². The zero-order valence-electron chi connectivity index (χ0n) is 8.35. The molecular formula is C11H13BrIN. The van der Waals surface area contributed by atoms with Crippen LogP contribution in [-0.4, -0.2) is 13.1 Å². The van der Waals surface area contributed by atoms with Gasteiger partial charge in [0, 0.05) is 26.8 Å². The molecular weight excluding hydrogens is 353 g/mol. The van der Waals surface area contributed by atoms with Crippen molar-refractivity contribution in [2.45, 2.75) is 13.8 Å². The molecule has 0 bridgehead atoms. The highest BCUT2D eigenvalue weighted by molar-refractivity contribution is 14.1. The molecule has 1 heterocycles. The molecule has 0 spiro atoms. The summed E-state index contributed by atoms with van der Waals surface area (Å²) in [4.78, 5) is 2.43. The Morgan fingerprint density at radius 2 is 2.00 bits per heavy atom. The van der Waals surface area contributed by atoms with Gasteiger partial charge in [-0.3, -0.25) is 0 Å². The summed E-state index contributed by atoms with van der Waals surface area (Å²) in [5.74, 6) is 0. The normalized spacial score (nSPS) is 19.3. The quantitative estimate of drug-likeness (QED) is 0.682. The molecule has 0 aliphatic carbocycles. The molecule has 1 fully saturated rings. The number of hydrogen-bond donors (Lipinski definition) is 0. The van der Waals surface area contributed by atoms with Crippen LogP contribution in [0.2, 0.25) is 0 Å². The summed E-state index contributed by atoms with van der Waals surface area (Å²) in [7, 11) is 0. The zero-order valence-corrected chi connectivity index (χ0v) is 12.1. The fraction of sp³-hybridized carbons (Fsp3) is 0.455. The smallest absolute Gasteiger partial charge is 0.0378 e. The summed E-state index contributed by atoms with van der Waals surface area (Å²) in [6, 6.07) is 6.55. The van der Waals surface area contributed by atoms with Crippen LogP contribution in [0.3, 0.4) is 0 Å². The fourth-order valence-electron chi connectivity index (χ4n) is 1.85. The molecule has 0 aromatic heterocycles. The van der Waals surface area contributed by atoms with Gasteiger partial charge in [-0.05, 0) is 62.1 Å². The molecule has 3 heteroatoms. The number of benzene rings is 1. The lowest BCUT2D eigenvalue weighted by Crippen LogP contribution is -2.53. The maximum atomic E-state index is 3.51. The second-order valence-electron chi connectivity index (χ2n) is 4.62. The Morgan fingerprint density at radius 3 is 2.50 bits per heavy atom. The van der Waals surface area contributed by atoms with Crippen LogP contribution in [0.15, 0.2) is 22.7 Å². The number of hydrogen-bond acceptors (Lipinski definition) is 1. The van der Waals surface area contributed by atoms with Crippen molar-refractivity contribution < 1.29 is 0 Å². The lowest BCUT2D eigenvalue weighted by Gasteiger charge is -2.47. The highest BCUT2D eigenvalue weighted by atomic mass is 127. The minimum Gasteiger partial charge on any atom is -0.370 e. The van der Waals surface area contributed by atoms with Crippen molar-refractivity contribution in [1.82, 2.24) is 0 Å². The van der Waals surface area contributed by atoms with E-state index in [-0.39, 0.29) is 0 Å². The average Bonchev–Trinajstić information content (AvgIpc) is 2.06. The average molecular weight is 366 g/mol. The molecule has 1 nitrogen and oxygen atoms in total. The molecule has 1 aliphatic rings. The van der Waals surface area contributed by atoms with Crippen molar-refractivity contribution in [2.24, 2.45) is 5.41 Å². The molecule has 1 aliphatic heterocycles. The third kappa shape index (κ3) is 2.08. The topological polar surface area (TPSA) is 3.24 Å². The molecule has 14 heavy (non-hydrogen) atoms. The SMILES string of the molecule is CC1(C)CN(c2ccc(Br)c(I)c2)C1. The van der Waals surface area contributed by atoms with Gasteiger partial charge < -0.3 is 4.90 Å². The summed E-state index contributed by atoms with van der Waals surface area (Å²) in [6.07, 6.45) is 0. The Morgan fingerprint density at radius 1 is 1.36 bits per heavy atom. The molecule has 0 unspecified atom stereocenters. The van der Waals surface area contributed by atoms with Crippen LogP contribution < -0.4 is 4.90 Å². The number of rotatable bonds is 1. The second-order valence-corrected chi connectivity index (χ2v) is 6.64. The Balaban J connectivity index is 2.16. The summed E-state index contributed by atoms with van der Waals surface area (Å²) in [6.45, 7) is 6.97. The fourth-order valence-corrected chi connectivity index (χ4v) is 2.60. The molecule has 1 aromatic carbocycles. The van der Waals surface area contributed by atoms with E-state index in [9.17, 15) is 0 Å². The standard InChI is InChI=1S/C11H13BrIN/c1-11(2)6-14(7-11)8-3-4-9(12)10(13)5-8/h3-5H,6-7H2,1-2H3. The molecule has 0 atom stereocenters. The van der Waals surface area contributed by atoms with Gasteiger partial charge in [-0.25, -0.2) is 0 Å². The van der Waals surface area contributed by atoms with E-state index in [1.165, 1.54) is 26.8 Å². The van der Waals surface area contributed by atoms with E-state index in [2.05, 4.69) is 75.5 Å². The predicted molar refractivity (Wildman–Crippen MR) is 72.9 cm³/mol. The van der Waals surface area contributed by atoms with E-state index >= 15 is 0 Å². The van der Waals surface area contributed by atoms with Crippen molar-refractivity contribution >= 4 is 44.2 Å². The van der Waals surface area contributed by atoms with Gasteiger partial charge in [-0.1, -0.05) is 13.8 Å². The van der Waals surface area contributed by atoms with Crippen LogP contribution in [0.25, 0.3) is 0 Å². The van der Waals surface area contributed by atoms with Crippen molar-refractivity contribution in [3.8, 4) is 0 Å². The molecule has 76 valence electrons. The number of anilines is 1. The van der Waals surface area contributed by atoms with Crippen molar-refractivity contribution in [3.63, 3.8) is 0 Å². The highest BCUT2D eigenvalue weighted by Gasteiger charge is 2.34. The van der Waals surface area contributed by atoms with E-state index in [0.717, 1.165) is 0 Å². The van der Waals surface area contributed by atoms with Crippen LogP contribution in [-0.2, 0) is 0 Å². The first kappa shape index (κ1) is 10.7. The van der Waals surface area contributed by atoms with Gasteiger partial charge in [-0.15, -0.1) is 0 Å². The Hall–Kier alpha value is 0.230. The van der Waals surface area contributed by atoms with Crippen molar-refractivity contribution in [2.75, 3.05) is 18.0 Å². The molecule has 0 saturated carbocycles. The lowest BCUT2D eigenvalue weighted by molar-refractivity contribution is 0.276. The lowest BCUT2D eigenvalue weighted by atomic mass is 9.84. The summed E-state index contributed by atoms with van der Waals surface area (Å²) >= 11 is 5.87.